The number of hydrogen-bond acceptors (Lipinski definition) is 8. The van der Waals surface area contributed by atoms with Crippen LogP contribution in [0.5, 0.6) is 17.2 Å². The molecular weight excluding hydrogens is 673 g/mol. The van der Waals surface area contributed by atoms with Gasteiger partial charge in [-0.3, -0.25) is 4.79 Å². The lowest BCUT2D eigenvalue weighted by Crippen LogP contribution is -2.44. The van der Waals surface area contributed by atoms with Crippen LogP contribution in [0.3, 0.4) is 0 Å². The second-order valence-electron chi connectivity index (χ2n) is 11.3. The number of urea groups is 1. The van der Waals surface area contributed by atoms with E-state index in [0.29, 0.717) is 33.6 Å². The summed E-state index contributed by atoms with van der Waals surface area (Å²) in [5.41, 5.74) is 8.41. The number of amides is 2. The van der Waals surface area contributed by atoms with Crippen LogP contribution >= 0.6 is 0 Å². The third kappa shape index (κ3) is 7.61. The lowest BCUT2D eigenvalue weighted by Gasteiger charge is -2.16. The van der Waals surface area contributed by atoms with Gasteiger partial charge in [0, 0.05) is 29.2 Å². The summed E-state index contributed by atoms with van der Waals surface area (Å²) in [5, 5.41) is 19.0. The van der Waals surface area contributed by atoms with Crippen molar-refractivity contribution >= 4 is 40.2 Å². The van der Waals surface area contributed by atoms with Gasteiger partial charge in [-0.05, 0) is 61.0 Å². The van der Waals surface area contributed by atoms with Gasteiger partial charge in [0.15, 0.2) is 11.6 Å². The van der Waals surface area contributed by atoms with Gasteiger partial charge in [-0.25, -0.2) is 32.4 Å². The van der Waals surface area contributed by atoms with Gasteiger partial charge < -0.3 is 40.9 Å². The fraction of sp³-hybridized carbons (Fsp3) is 0.147. The fourth-order valence-electron chi connectivity index (χ4n) is 5.24. The van der Waals surface area contributed by atoms with Gasteiger partial charge in [-0.2, -0.15) is 5.10 Å². The molecule has 0 aliphatic carbocycles. The molecule has 3 aromatic heterocycles. The Bertz CT molecular complexity index is 2230. The first kappa shape index (κ1) is 34.1. The van der Waals surface area contributed by atoms with Gasteiger partial charge in [0.05, 0.1) is 35.2 Å². The molecule has 14 nitrogen and oxygen atoms in total. The first-order chi connectivity index (χ1) is 24.5. The smallest absolute Gasteiger partial charge is 0.326 e. The van der Waals surface area contributed by atoms with Crippen LogP contribution in [-0.4, -0.2) is 66.7 Å². The first-order valence-electron chi connectivity index (χ1n) is 15.2. The molecule has 0 spiro atoms. The Morgan fingerprint density at radius 1 is 1.06 bits per heavy atom. The Balaban J connectivity index is 1.23. The second-order valence-corrected chi connectivity index (χ2v) is 11.3. The highest BCUT2D eigenvalue weighted by Crippen LogP contribution is 2.33. The molecule has 6 rings (SSSR count). The van der Waals surface area contributed by atoms with E-state index < -0.39 is 42.7 Å². The van der Waals surface area contributed by atoms with Crippen molar-refractivity contribution in [2.45, 2.75) is 25.8 Å². The van der Waals surface area contributed by atoms with E-state index in [1.807, 2.05) is 0 Å². The number of ether oxygens (including phenoxy) is 2. The van der Waals surface area contributed by atoms with E-state index in [1.165, 1.54) is 53.7 Å². The van der Waals surface area contributed by atoms with Crippen LogP contribution in [0.4, 0.5) is 29.5 Å². The molecule has 0 bridgehead atoms. The Morgan fingerprint density at radius 3 is 2.57 bits per heavy atom. The van der Waals surface area contributed by atoms with Crippen molar-refractivity contribution in [1.82, 2.24) is 30.0 Å². The molecule has 51 heavy (non-hydrogen) atoms. The number of H-pyrrole nitrogens is 2. The lowest BCUT2D eigenvalue weighted by atomic mass is 10.1. The average molecular weight is 703 g/mol. The van der Waals surface area contributed by atoms with Gasteiger partial charge in [-0.15, -0.1) is 0 Å². The molecule has 2 amide bonds. The van der Waals surface area contributed by atoms with Gasteiger partial charge in [0.1, 0.15) is 30.0 Å². The number of alkyl halides is 2. The number of aliphatic carboxylic acids is 1. The highest BCUT2D eigenvalue weighted by Gasteiger charge is 2.24. The summed E-state index contributed by atoms with van der Waals surface area (Å²) < 4.78 is 52.5. The molecule has 3 aromatic carbocycles. The number of aryl methyl sites for hydroxylation is 1. The number of ketones is 1. The highest BCUT2D eigenvalue weighted by molar-refractivity contribution is 6.13. The average Bonchev–Trinajstić information content (AvgIpc) is 3.84. The molecular formula is C34H29F3N8O6. The molecule has 0 unspecified atom stereocenters. The van der Waals surface area contributed by atoms with Crippen molar-refractivity contribution < 1.29 is 42.1 Å². The number of rotatable bonds is 13. The minimum Gasteiger partial charge on any atom is -0.485 e. The number of hydrogen-bond donors (Lipinski definition) is 6. The number of halogens is 3. The molecule has 0 saturated heterocycles. The normalized spacial score (nSPS) is 11.8. The molecule has 0 aliphatic rings. The number of carbonyl (C=O) groups is 3. The predicted molar refractivity (Wildman–Crippen MR) is 178 cm³/mol. The summed E-state index contributed by atoms with van der Waals surface area (Å²) in [6.45, 7) is 0.769. The van der Waals surface area contributed by atoms with E-state index in [4.69, 9.17) is 15.2 Å². The maximum atomic E-state index is 14.1. The summed E-state index contributed by atoms with van der Waals surface area (Å²) in [6.07, 6.45) is 1.12. The van der Waals surface area contributed by atoms with Crippen LogP contribution in [0.15, 0.2) is 79.4 Å². The number of carboxylic acids is 1. The van der Waals surface area contributed by atoms with E-state index in [0.717, 1.165) is 0 Å². The summed E-state index contributed by atoms with van der Waals surface area (Å²) in [6, 6.07) is 12.8. The number of anilines is 2. The molecule has 6 aromatic rings. The van der Waals surface area contributed by atoms with Crippen molar-refractivity contribution in [3.63, 3.8) is 0 Å². The molecule has 3 heterocycles. The number of benzene rings is 3. The van der Waals surface area contributed by atoms with E-state index >= 15 is 0 Å². The molecule has 0 radical (unpaired) electrons. The number of carbonyl (C=O) groups excluding carboxylic acids is 2. The number of nitrogens with two attached hydrogens (primary N) is 1. The van der Waals surface area contributed by atoms with E-state index in [9.17, 15) is 32.7 Å². The molecule has 17 heteroatoms. The quantitative estimate of drug-likeness (QED) is 0.0830. The number of nitrogen functional groups attached to an aromatic ring is 1. The minimum absolute atomic E-state index is 0.0209. The van der Waals surface area contributed by atoms with Crippen LogP contribution in [0.1, 0.15) is 27.3 Å². The summed E-state index contributed by atoms with van der Waals surface area (Å²) in [5.74, 6) is -2.08. The van der Waals surface area contributed by atoms with Crippen LogP contribution in [0, 0.1) is 12.7 Å². The van der Waals surface area contributed by atoms with Crippen LogP contribution in [0.2, 0.25) is 0 Å². The third-order valence-corrected chi connectivity index (χ3v) is 7.67. The van der Waals surface area contributed by atoms with Crippen LogP contribution < -0.4 is 25.8 Å². The Labute approximate surface area is 286 Å². The zero-order valence-electron chi connectivity index (χ0n) is 26.6. The zero-order valence-corrected chi connectivity index (χ0v) is 26.6. The second kappa shape index (κ2) is 14.4. The van der Waals surface area contributed by atoms with Gasteiger partial charge in [-0.1, -0.05) is 12.1 Å². The highest BCUT2D eigenvalue weighted by atomic mass is 19.3. The fourth-order valence-corrected chi connectivity index (χ4v) is 5.24. The number of fused-ring (bicyclic) bond motifs is 1. The number of aromatic amines is 2. The number of nitrogens with one attached hydrogen (secondary N) is 4. The monoisotopic (exact) mass is 702 g/mol. The number of nitrogens with zero attached hydrogens (tertiary/aromatic N) is 3. The van der Waals surface area contributed by atoms with Crippen molar-refractivity contribution in [3.05, 3.63) is 108 Å². The molecule has 7 N–H and O–H groups in total. The zero-order chi connectivity index (χ0) is 36.2. The molecule has 1 atom stereocenters. The SMILES string of the molecule is Cc1cc(Oc2ccccc2F)ccc1-n1ncc(C(=O)c2cc3cc(OCC(F)F)c(NC(=O)N[C@@H](Cc4cnc[nH]4)C(=O)O)cc3[nH]2)c1N. The molecule has 262 valence electrons. The number of para-hydroxylation sites is 1. The third-order valence-electron chi connectivity index (χ3n) is 7.67. The van der Waals surface area contributed by atoms with E-state index in [-0.39, 0.29) is 40.7 Å². The predicted octanol–water partition coefficient (Wildman–Crippen LogP) is 5.59. The molecule has 0 saturated carbocycles. The van der Waals surface area contributed by atoms with E-state index in [2.05, 4.69) is 30.7 Å². The first-order valence-corrected chi connectivity index (χ1v) is 15.2. The molecule has 0 fully saturated rings. The Morgan fingerprint density at radius 2 is 1.86 bits per heavy atom. The van der Waals surface area contributed by atoms with Crippen molar-refractivity contribution in [2.75, 3.05) is 17.7 Å². The van der Waals surface area contributed by atoms with Crippen molar-refractivity contribution in [3.8, 4) is 22.9 Å². The van der Waals surface area contributed by atoms with Gasteiger partial charge in [0.25, 0.3) is 6.43 Å². The summed E-state index contributed by atoms with van der Waals surface area (Å²) in [4.78, 5) is 47.8. The van der Waals surface area contributed by atoms with Crippen LogP contribution in [-0.2, 0) is 11.2 Å². The van der Waals surface area contributed by atoms with Crippen molar-refractivity contribution in [1.29, 1.82) is 0 Å². The summed E-state index contributed by atoms with van der Waals surface area (Å²) >= 11 is 0. The standard InChI is InChI=1S/C34H29F3N8O6/c1-17-8-20(51-28-5-3-2-4-22(28)35)6-7-27(17)45-32(38)21(14-41-45)31(46)25-9-18-10-29(50-15-30(36)37)24(12-23(18)42-25)43-34(49)44-26(33(47)48)11-19-13-39-16-40-19/h2-10,12-14,16,26,30,42H,11,15,38H2,1H3,(H,39,40)(H,47,48)(H2,43,44,49)/t26-/m0/s1. The number of imidazole rings is 1. The van der Waals surface area contributed by atoms with Crippen molar-refractivity contribution in [2.24, 2.45) is 0 Å². The molecule has 0 aliphatic heterocycles. The van der Waals surface area contributed by atoms with Gasteiger partial charge in [0.2, 0.25) is 5.78 Å². The van der Waals surface area contributed by atoms with Gasteiger partial charge >= 0.3 is 12.0 Å². The number of aromatic nitrogens is 5. The largest absolute Gasteiger partial charge is 0.485 e. The van der Waals surface area contributed by atoms with Crippen LogP contribution in [0.25, 0.3) is 16.6 Å². The lowest BCUT2D eigenvalue weighted by molar-refractivity contribution is -0.139. The number of carboxylic acid groups (broad SMARTS) is 1. The Hall–Kier alpha value is -6.78. The maximum Gasteiger partial charge on any atom is 0.326 e. The maximum absolute atomic E-state index is 14.1. The van der Waals surface area contributed by atoms with E-state index in [1.54, 1.807) is 37.3 Å². The Kier molecular flexibility index (Phi) is 9.61. The summed E-state index contributed by atoms with van der Waals surface area (Å²) in [7, 11) is 0. The minimum atomic E-state index is -2.84. The topological polar surface area (TPSA) is 202 Å².